The summed E-state index contributed by atoms with van der Waals surface area (Å²) in [5.74, 6) is 0.618. The number of hydrogen-bond donors (Lipinski definition) is 0. The van der Waals surface area contributed by atoms with E-state index in [0.29, 0.717) is 10.8 Å². The summed E-state index contributed by atoms with van der Waals surface area (Å²) in [5.41, 5.74) is 0. The number of imidazole rings is 1. The van der Waals surface area contributed by atoms with Gasteiger partial charge < -0.3 is 19.8 Å². The van der Waals surface area contributed by atoms with Crippen LogP contribution in [-0.4, -0.2) is 64.6 Å². The lowest BCUT2D eigenvalue weighted by Gasteiger charge is -2.32. The normalized spacial score (nSPS) is 23.0. The van der Waals surface area contributed by atoms with E-state index < -0.39 is 0 Å². The fraction of sp³-hybridized carbons (Fsp3) is 0.643. The molecule has 0 amide bonds. The molecule has 9 heteroatoms. The minimum Gasteiger partial charge on any atom is -0.379 e. The van der Waals surface area contributed by atoms with Gasteiger partial charge in [-0.25, -0.2) is 0 Å². The number of hydrogen-bond acceptors (Lipinski definition) is 7. The van der Waals surface area contributed by atoms with Crippen LogP contribution in [0.2, 0.25) is 0 Å². The van der Waals surface area contributed by atoms with Crippen molar-refractivity contribution in [3.8, 4) is 0 Å². The molecular weight excluding hydrogens is 318 g/mol. The molecule has 1 atom stereocenters. The van der Waals surface area contributed by atoms with Gasteiger partial charge in [0.2, 0.25) is 5.82 Å². The standard InChI is InChI=1S/C14H19N5O3S/c20-19(21)13-12(15-14-18(13)6-9-23-14)17-3-1-2-11(17)10-16-4-7-22-8-5-16/h6,9,11H,1-5,7-8,10H2/t11-/m0/s1. The van der Waals surface area contributed by atoms with Gasteiger partial charge in [0.25, 0.3) is 4.96 Å². The van der Waals surface area contributed by atoms with Gasteiger partial charge in [-0.2, -0.15) is 9.38 Å². The molecule has 2 aliphatic heterocycles. The summed E-state index contributed by atoms with van der Waals surface area (Å²) < 4.78 is 6.98. The van der Waals surface area contributed by atoms with Gasteiger partial charge in [0, 0.05) is 37.6 Å². The molecule has 0 aliphatic carbocycles. The second kappa shape index (κ2) is 6.06. The van der Waals surface area contributed by atoms with Crippen molar-refractivity contribution >= 4 is 27.9 Å². The lowest BCUT2D eigenvalue weighted by atomic mass is 10.2. The highest BCUT2D eigenvalue weighted by molar-refractivity contribution is 7.15. The molecule has 4 rings (SSSR count). The van der Waals surface area contributed by atoms with E-state index in [4.69, 9.17) is 4.74 Å². The molecule has 124 valence electrons. The molecule has 0 bridgehead atoms. The Bertz CT molecular complexity index is 708. The largest absolute Gasteiger partial charge is 0.379 e. The second-order valence-electron chi connectivity index (χ2n) is 5.97. The smallest absolute Gasteiger partial charge is 0.373 e. The molecule has 2 fully saturated rings. The Hall–Kier alpha value is -1.71. The molecule has 23 heavy (non-hydrogen) atoms. The van der Waals surface area contributed by atoms with Crippen LogP contribution in [0.5, 0.6) is 0 Å². The Morgan fingerprint density at radius 3 is 3.00 bits per heavy atom. The molecular formula is C14H19N5O3S. The maximum absolute atomic E-state index is 11.5. The maximum Gasteiger partial charge on any atom is 0.373 e. The van der Waals surface area contributed by atoms with Crippen LogP contribution in [0.4, 0.5) is 11.6 Å². The Kier molecular flexibility index (Phi) is 3.92. The Balaban J connectivity index is 1.61. The third-order valence-corrected chi connectivity index (χ3v) is 5.37. The van der Waals surface area contributed by atoms with Gasteiger partial charge >= 0.3 is 5.82 Å². The van der Waals surface area contributed by atoms with Gasteiger partial charge in [0.1, 0.15) is 6.20 Å². The van der Waals surface area contributed by atoms with Gasteiger partial charge in [-0.1, -0.05) is 11.3 Å². The van der Waals surface area contributed by atoms with E-state index in [-0.39, 0.29) is 16.8 Å². The number of rotatable bonds is 4. The maximum atomic E-state index is 11.5. The summed E-state index contributed by atoms with van der Waals surface area (Å²) in [6, 6.07) is 0.288. The quantitative estimate of drug-likeness (QED) is 0.623. The third-order valence-electron chi connectivity index (χ3n) is 4.61. The first-order chi connectivity index (χ1) is 11.2. The molecule has 2 saturated heterocycles. The van der Waals surface area contributed by atoms with Crippen molar-refractivity contribution in [1.29, 1.82) is 0 Å². The van der Waals surface area contributed by atoms with Crippen molar-refractivity contribution in [3.05, 3.63) is 21.7 Å². The van der Waals surface area contributed by atoms with E-state index in [9.17, 15) is 10.1 Å². The van der Waals surface area contributed by atoms with Gasteiger partial charge in [-0.15, -0.1) is 0 Å². The number of nitrogens with zero attached hydrogens (tertiary/aromatic N) is 5. The summed E-state index contributed by atoms with van der Waals surface area (Å²) in [7, 11) is 0. The van der Waals surface area contributed by atoms with E-state index in [1.165, 1.54) is 11.3 Å². The molecule has 0 aromatic carbocycles. The van der Waals surface area contributed by atoms with Gasteiger partial charge in [0.15, 0.2) is 0 Å². The van der Waals surface area contributed by atoms with Crippen molar-refractivity contribution < 1.29 is 9.66 Å². The summed E-state index contributed by atoms with van der Waals surface area (Å²) in [6.07, 6.45) is 3.83. The second-order valence-corrected chi connectivity index (χ2v) is 6.85. The fourth-order valence-corrected chi connectivity index (χ4v) is 4.22. The fourth-order valence-electron chi connectivity index (χ4n) is 3.51. The first kappa shape index (κ1) is 14.9. The Morgan fingerprint density at radius 1 is 1.39 bits per heavy atom. The van der Waals surface area contributed by atoms with Crippen molar-refractivity contribution in [2.45, 2.75) is 18.9 Å². The van der Waals surface area contributed by atoms with Crippen LogP contribution in [0.25, 0.3) is 4.96 Å². The van der Waals surface area contributed by atoms with E-state index in [2.05, 4.69) is 14.8 Å². The van der Waals surface area contributed by atoms with Crippen molar-refractivity contribution in [3.63, 3.8) is 0 Å². The number of fused-ring (bicyclic) bond motifs is 1. The van der Waals surface area contributed by atoms with Crippen LogP contribution >= 0.6 is 11.3 Å². The van der Waals surface area contributed by atoms with Crippen LogP contribution in [0, 0.1) is 10.1 Å². The van der Waals surface area contributed by atoms with Crippen LogP contribution in [-0.2, 0) is 4.74 Å². The number of morpholine rings is 1. The molecule has 8 nitrogen and oxygen atoms in total. The zero-order valence-electron chi connectivity index (χ0n) is 12.8. The molecule has 0 unspecified atom stereocenters. The third kappa shape index (κ3) is 2.68. The predicted octanol–water partition coefficient (Wildman–Crippen LogP) is 1.60. The topological polar surface area (TPSA) is 76.2 Å². The van der Waals surface area contributed by atoms with E-state index in [1.807, 2.05) is 5.38 Å². The molecule has 0 spiro atoms. The van der Waals surface area contributed by atoms with Crippen molar-refractivity contribution in [1.82, 2.24) is 14.3 Å². The monoisotopic (exact) mass is 337 g/mol. The average molecular weight is 337 g/mol. The zero-order chi connectivity index (χ0) is 15.8. The Morgan fingerprint density at radius 2 is 2.22 bits per heavy atom. The summed E-state index contributed by atoms with van der Waals surface area (Å²) in [5, 5.41) is 13.4. The number of nitro groups is 1. The van der Waals surface area contributed by atoms with E-state index >= 15 is 0 Å². The van der Waals surface area contributed by atoms with Crippen LogP contribution in [0.1, 0.15) is 12.8 Å². The lowest BCUT2D eigenvalue weighted by Crippen LogP contribution is -2.45. The van der Waals surface area contributed by atoms with Crippen LogP contribution in [0.15, 0.2) is 11.6 Å². The van der Waals surface area contributed by atoms with Crippen LogP contribution in [0.3, 0.4) is 0 Å². The summed E-state index contributed by atoms with van der Waals surface area (Å²) in [6.45, 7) is 5.17. The number of anilines is 1. The number of thiazole rings is 1. The number of ether oxygens (including phenoxy) is 1. The van der Waals surface area contributed by atoms with Crippen molar-refractivity contribution in [2.24, 2.45) is 0 Å². The highest BCUT2D eigenvalue weighted by atomic mass is 32.1. The van der Waals surface area contributed by atoms with Crippen LogP contribution < -0.4 is 4.90 Å². The predicted molar refractivity (Wildman–Crippen MR) is 87.4 cm³/mol. The molecule has 4 heterocycles. The molecule has 2 aromatic rings. The first-order valence-corrected chi connectivity index (χ1v) is 8.78. The molecule has 2 aromatic heterocycles. The molecule has 0 N–H and O–H groups in total. The van der Waals surface area contributed by atoms with Gasteiger partial charge in [0.05, 0.1) is 13.2 Å². The number of aromatic nitrogens is 2. The highest BCUT2D eigenvalue weighted by Crippen LogP contribution is 2.35. The Labute approximate surface area is 137 Å². The van der Waals surface area contributed by atoms with E-state index in [1.54, 1.807) is 10.6 Å². The zero-order valence-corrected chi connectivity index (χ0v) is 13.6. The highest BCUT2D eigenvalue weighted by Gasteiger charge is 2.35. The molecule has 2 aliphatic rings. The van der Waals surface area contributed by atoms with E-state index in [0.717, 1.165) is 52.2 Å². The van der Waals surface area contributed by atoms with Gasteiger partial charge in [-0.3, -0.25) is 4.90 Å². The molecule has 0 saturated carbocycles. The molecule has 0 radical (unpaired) electrons. The lowest BCUT2D eigenvalue weighted by molar-refractivity contribution is -0.389. The van der Waals surface area contributed by atoms with Crippen molar-refractivity contribution in [2.75, 3.05) is 44.3 Å². The summed E-state index contributed by atoms with van der Waals surface area (Å²) >= 11 is 1.43. The summed E-state index contributed by atoms with van der Waals surface area (Å²) in [4.78, 5) is 21.0. The minimum absolute atomic E-state index is 0.0927. The minimum atomic E-state index is -0.313. The first-order valence-electron chi connectivity index (χ1n) is 7.91. The SMILES string of the molecule is O=[N+]([O-])c1c(N2CCC[C@H]2CN2CCOCC2)nc2sccn12. The average Bonchev–Trinajstić information content (AvgIpc) is 3.22. The van der Waals surface area contributed by atoms with Gasteiger partial charge in [-0.05, 0) is 17.8 Å².